The monoisotopic (exact) mass is 525 g/mol. The van der Waals surface area contributed by atoms with Crippen molar-refractivity contribution >= 4 is 63.3 Å². The molecule has 0 spiro atoms. The van der Waals surface area contributed by atoms with Gasteiger partial charge in [-0.25, -0.2) is 4.98 Å². The number of pyridine rings is 1. The highest BCUT2D eigenvalue weighted by molar-refractivity contribution is 8.26. The van der Waals surface area contributed by atoms with E-state index in [0.717, 1.165) is 38.3 Å². The molecule has 1 amide bonds. The Hall–Kier alpha value is -2.72. The predicted molar refractivity (Wildman–Crippen MR) is 146 cm³/mol. The molecule has 0 bridgehead atoms. The molecule has 3 aromatic rings. The Labute approximate surface area is 218 Å². The maximum absolute atomic E-state index is 13.6. The number of nitrogens with zero attached hydrogens (tertiary/aromatic N) is 5. The minimum absolute atomic E-state index is 0.208. The predicted octanol–water partition coefficient (Wildman–Crippen LogP) is 3.89. The van der Waals surface area contributed by atoms with E-state index in [4.69, 9.17) is 28.8 Å². The molecule has 10 heteroatoms. The number of fused-ring (bicyclic) bond motifs is 1. The van der Waals surface area contributed by atoms with Crippen LogP contribution in [0.1, 0.15) is 18.1 Å². The van der Waals surface area contributed by atoms with Crippen LogP contribution in [-0.4, -0.2) is 62.1 Å². The number of likely N-dealkylation sites (N-methyl/N-ethyl adjacent to an activating group) is 1. The molecule has 2 aromatic heterocycles. The molecule has 5 rings (SSSR count). The number of anilines is 1. The van der Waals surface area contributed by atoms with Crippen LogP contribution in [0.25, 0.3) is 11.7 Å². The summed E-state index contributed by atoms with van der Waals surface area (Å²) in [6.07, 6.45) is 3.35. The molecule has 2 aliphatic heterocycles. The molecule has 180 valence electrons. The van der Waals surface area contributed by atoms with Crippen LogP contribution >= 0.6 is 35.6 Å². The fourth-order valence-electron chi connectivity index (χ4n) is 4.30. The standard InChI is InChI=1S/C25H24ClN5O2S2/c1-2-28-11-13-29(14-12-28)22-18(23(32)30-10-6-5-9-21(30)27-22)15-20-24(33)31(25(34)35-20)16-17-7-3-4-8-19(17)26/h3-10,15H,2,11-14,16H2,1H3/b20-15-. The van der Waals surface area contributed by atoms with E-state index in [0.29, 0.717) is 31.3 Å². The van der Waals surface area contributed by atoms with E-state index < -0.39 is 0 Å². The number of hydrogen-bond acceptors (Lipinski definition) is 7. The lowest BCUT2D eigenvalue weighted by Crippen LogP contribution is -2.47. The van der Waals surface area contributed by atoms with E-state index in [2.05, 4.69) is 16.7 Å². The fourth-order valence-corrected chi connectivity index (χ4v) is 5.73. The Morgan fingerprint density at radius 2 is 1.83 bits per heavy atom. The lowest BCUT2D eigenvalue weighted by atomic mass is 10.2. The van der Waals surface area contributed by atoms with Crippen LogP contribution in [0.4, 0.5) is 5.82 Å². The third kappa shape index (κ3) is 4.73. The van der Waals surface area contributed by atoms with Gasteiger partial charge in [0.2, 0.25) is 0 Å². The second-order valence-electron chi connectivity index (χ2n) is 8.36. The number of aromatic nitrogens is 2. The zero-order chi connectivity index (χ0) is 24.5. The van der Waals surface area contributed by atoms with Gasteiger partial charge in [-0.15, -0.1) is 0 Å². The molecule has 0 aliphatic carbocycles. The molecule has 1 aromatic carbocycles. The molecular formula is C25H24ClN5O2S2. The maximum atomic E-state index is 13.6. The first-order chi connectivity index (χ1) is 17.0. The van der Waals surface area contributed by atoms with Crippen molar-refractivity contribution in [3.63, 3.8) is 0 Å². The second kappa shape index (κ2) is 10.1. The summed E-state index contributed by atoms with van der Waals surface area (Å²) in [7, 11) is 0. The molecule has 7 nitrogen and oxygen atoms in total. The number of benzene rings is 1. The summed E-state index contributed by atoms with van der Waals surface area (Å²) < 4.78 is 1.95. The van der Waals surface area contributed by atoms with Crippen LogP contribution in [0.15, 0.2) is 58.4 Å². The number of thiocarbonyl (C=S) groups is 1. The van der Waals surface area contributed by atoms with Crippen LogP contribution < -0.4 is 10.5 Å². The normalized spacial score (nSPS) is 18.3. The van der Waals surface area contributed by atoms with Crippen LogP contribution in [0.3, 0.4) is 0 Å². The number of rotatable bonds is 5. The molecule has 2 fully saturated rings. The Morgan fingerprint density at radius 1 is 1.09 bits per heavy atom. The summed E-state index contributed by atoms with van der Waals surface area (Å²) in [5.41, 5.74) is 1.58. The van der Waals surface area contributed by atoms with Crippen molar-refractivity contribution in [1.82, 2.24) is 19.2 Å². The van der Waals surface area contributed by atoms with Crippen LogP contribution in [0.2, 0.25) is 5.02 Å². The van der Waals surface area contributed by atoms with Crippen molar-refractivity contribution in [2.24, 2.45) is 0 Å². The molecule has 0 saturated carbocycles. The van der Waals surface area contributed by atoms with Crippen LogP contribution in [0.5, 0.6) is 0 Å². The number of carbonyl (C=O) groups is 1. The van der Waals surface area contributed by atoms with Crippen LogP contribution in [-0.2, 0) is 11.3 Å². The number of piperazine rings is 1. The molecule has 4 heterocycles. The van der Waals surface area contributed by atoms with E-state index in [1.165, 1.54) is 21.1 Å². The Morgan fingerprint density at radius 3 is 2.57 bits per heavy atom. The Kier molecular flexibility index (Phi) is 6.93. The average molecular weight is 526 g/mol. The lowest BCUT2D eigenvalue weighted by molar-refractivity contribution is -0.122. The highest BCUT2D eigenvalue weighted by Crippen LogP contribution is 2.35. The summed E-state index contributed by atoms with van der Waals surface area (Å²) in [5.74, 6) is 0.368. The minimum atomic E-state index is -0.237. The molecule has 35 heavy (non-hydrogen) atoms. The van der Waals surface area contributed by atoms with E-state index in [1.807, 2.05) is 30.3 Å². The number of amides is 1. The van der Waals surface area contributed by atoms with Crippen molar-refractivity contribution in [2.45, 2.75) is 13.5 Å². The molecule has 0 unspecified atom stereocenters. The van der Waals surface area contributed by atoms with Gasteiger partial charge >= 0.3 is 0 Å². The fraction of sp³-hybridized carbons (Fsp3) is 0.280. The largest absolute Gasteiger partial charge is 0.353 e. The first-order valence-electron chi connectivity index (χ1n) is 11.4. The minimum Gasteiger partial charge on any atom is -0.353 e. The summed E-state index contributed by atoms with van der Waals surface area (Å²) in [6.45, 7) is 6.73. The molecule has 0 atom stereocenters. The van der Waals surface area contributed by atoms with E-state index >= 15 is 0 Å². The van der Waals surface area contributed by atoms with Gasteiger partial charge in [-0.05, 0) is 36.4 Å². The SMILES string of the molecule is CCN1CCN(c2nc3ccccn3c(=O)c2/C=C2\SC(=S)N(Cc3ccccc3Cl)C2=O)CC1. The number of hydrogen-bond donors (Lipinski definition) is 0. The molecule has 0 N–H and O–H groups in total. The maximum Gasteiger partial charge on any atom is 0.267 e. The molecule has 2 aliphatic rings. The van der Waals surface area contributed by atoms with Crippen LogP contribution in [0, 0.1) is 0 Å². The molecule has 2 saturated heterocycles. The highest BCUT2D eigenvalue weighted by atomic mass is 35.5. The summed E-state index contributed by atoms with van der Waals surface area (Å²) in [5, 5.41) is 0.580. The van der Waals surface area contributed by atoms with E-state index in [-0.39, 0.29) is 18.0 Å². The zero-order valence-electron chi connectivity index (χ0n) is 19.2. The Balaban J connectivity index is 1.53. The quantitative estimate of drug-likeness (QED) is 0.370. The zero-order valence-corrected chi connectivity index (χ0v) is 21.6. The number of halogens is 1. The summed E-state index contributed by atoms with van der Waals surface area (Å²) in [6, 6.07) is 12.9. The van der Waals surface area contributed by atoms with Gasteiger partial charge in [-0.2, -0.15) is 0 Å². The van der Waals surface area contributed by atoms with Gasteiger partial charge in [0.25, 0.3) is 11.5 Å². The Bertz CT molecular complexity index is 1400. The van der Waals surface area contributed by atoms with Gasteiger partial charge in [-0.1, -0.05) is 66.8 Å². The molecular weight excluding hydrogens is 502 g/mol. The number of carbonyl (C=O) groups excluding carboxylic acids is 1. The number of thioether (sulfide) groups is 1. The van der Waals surface area contributed by atoms with Crippen molar-refractivity contribution in [1.29, 1.82) is 0 Å². The van der Waals surface area contributed by atoms with Gasteiger partial charge in [0.05, 0.1) is 17.0 Å². The topological polar surface area (TPSA) is 61.2 Å². The van der Waals surface area contributed by atoms with Gasteiger partial charge in [0.15, 0.2) is 0 Å². The summed E-state index contributed by atoms with van der Waals surface area (Å²) >= 11 is 13.0. The first-order valence-corrected chi connectivity index (χ1v) is 13.0. The molecule has 0 radical (unpaired) electrons. The van der Waals surface area contributed by atoms with Crippen molar-refractivity contribution in [3.8, 4) is 0 Å². The first kappa shape index (κ1) is 24.0. The third-order valence-corrected chi connectivity index (χ3v) is 8.05. The average Bonchev–Trinajstić information content (AvgIpc) is 3.14. The van der Waals surface area contributed by atoms with Gasteiger partial charge in [0, 0.05) is 37.4 Å². The van der Waals surface area contributed by atoms with Gasteiger partial charge in [-0.3, -0.25) is 18.9 Å². The summed E-state index contributed by atoms with van der Waals surface area (Å²) in [4.78, 5) is 38.2. The highest BCUT2D eigenvalue weighted by Gasteiger charge is 2.33. The van der Waals surface area contributed by atoms with Crippen molar-refractivity contribution in [3.05, 3.63) is 80.1 Å². The second-order valence-corrected chi connectivity index (χ2v) is 10.4. The van der Waals surface area contributed by atoms with Crippen molar-refractivity contribution in [2.75, 3.05) is 37.6 Å². The smallest absolute Gasteiger partial charge is 0.267 e. The van der Waals surface area contributed by atoms with Crippen molar-refractivity contribution < 1.29 is 4.79 Å². The van der Waals surface area contributed by atoms with E-state index in [1.54, 1.807) is 24.4 Å². The van der Waals surface area contributed by atoms with E-state index in [9.17, 15) is 9.59 Å². The van der Waals surface area contributed by atoms with Gasteiger partial charge < -0.3 is 9.80 Å². The third-order valence-electron chi connectivity index (χ3n) is 6.30. The van der Waals surface area contributed by atoms with Gasteiger partial charge in [0.1, 0.15) is 15.8 Å². The lowest BCUT2D eigenvalue weighted by Gasteiger charge is -2.35.